The van der Waals surface area contributed by atoms with Gasteiger partial charge in [0.2, 0.25) is 0 Å². The van der Waals surface area contributed by atoms with Crippen molar-refractivity contribution in [2.75, 3.05) is 7.11 Å². The molecule has 0 spiro atoms. The Bertz CT molecular complexity index is 1230. The molecule has 0 aliphatic carbocycles. The highest BCUT2D eigenvalue weighted by molar-refractivity contribution is 6.30. The minimum Gasteiger partial charge on any atom is -0.415 e. The maximum atomic E-state index is 13.5. The Morgan fingerprint density at radius 1 is 0.966 bits per heavy atom. The first-order valence-electron chi connectivity index (χ1n) is 8.84. The van der Waals surface area contributed by atoms with Gasteiger partial charge in [0.05, 0.1) is 0 Å². The van der Waals surface area contributed by atoms with Crippen molar-refractivity contribution in [3.05, 3.63) is 88.1 Å². The Hall–Kier alpha value is -3.38. The number of hydrogen-bond acceptors (Lipinski definition) is 3. The molecule has 0 aliphatic rings. The molecular weight excluding hydrogens is 393 g/mol. The molecule has 2 aromatic carbocycles. The Balaban J connectivity index is 2.02. The number of aryl methyl sites for hydroxylation is 1. The van der Waals surface area contributed by atoms with Gasteiger partial charge in [-0.25, -0.2) is 9.37 Å². The van der Waals surface area contributed by atoms with E-state index >= 15 is 0 Å². The van der Waals surface area contributed by atoms with Crippen LogP contribution >= 0.6 is 11.6 Å². The van der Waals surface area contributed by atoms with E-state index < -0.39 is 0 Å². The highest BCUT2D eigenvalue weighted by atomic mass is 35.5. The first-order chi connectivity index (χ1) is 14.0. The van der Waals surface area contributed by atoms with E-state index in [-0.39, 0.29) is 11.4 Å². The van der Waals surface area contributed by atoms with Crippen molar-refractivity contribution < 1.29 is 9.23 Å². The topological polar surface area (TPSA) is 49.0 Å². The Morgan fingerprint density at radius 2 is 1.62 bits per heavy atom. The Kier molecular flexibility index (Phi) is 4.94. The normalized spacial score (nSPS) is 10.9. The van der Waals surface area contributed by atoms with E-state index in [2.05, 4.69) is 0 Å². The van der Waals surface area contributed by atoms with Crippen molar-refractivity contribution in [1.29, 1.82) is 0 Å². The predicted octanol–water partition coefficient (Wildman–Crippen LogP) is 4.43. The number of imidazole rings is 1. The van der Waals surface area contributed by atoms with Crippen molar-refractivity contribution in [3.63, 3.8) is 0 Å². The molecule has 7 heteroatoms. The second kappa shape index (κ2) is 7.56. The van der Waals surface area contributed by atoms with Gasteiger partial charge in [0.1, 0.15) is 24.3 Å². The van der Waals surface area contributed by atoms with E-state index in [0.717, 1.165) is 5.56 Å². The van der Waals surface area contributed by atoms with Gasteiger partial charge in [-0.15, -0.1) is 0 Å². The quantitative estimate of drug-likeness (QED) is 0.501. The highest BCUT2D eigenvalue weighted by Gasteiger charge is 2.22. The van der Waals surface area contributed by atoms with Crippen molar-refractivity contribution in [2.45, 2.75) is 0 Å². The molecular formula is C22H17ClFN3O2. The van der Waals surface area contributed by atoms with Crippen molar-refractivity contribution in [2.24, 2.45) is 7.05 Å². The van der Waals surface area contributed by atoms with Gasteiger partial charge in [-0.1, -0.05) is 11.6 Å². The lowest BCUT2D eigenvalue weighted by atomic mass is 10.1. The third kappa shape index (κ3) is 3.54. The van der Waals surface area contributed by atoms with Crippen LogP contribution < -0.4 is 10.4 Å². The minimum absolute atomic E-state index is 0.163. The van der Waals surface area contributed by atoms with E-state index in [4.69, 9.17) is 21.4 Å². The summed E-state index contributed by atoms with van der Waals surface area (Å²) in [4.78, 5) is 22.7. The van der Waals surface area contributed by atoms with Crippen LogP contribution in [0, 0.1) is 5.82 Å². The fourth-order valence-corrected chi connectivity index (χ4v) is 3.25. The molecule has 0 fully saturated rings. The van der Waals surface area contributed by atoms with Gasteiger partial charge in [-0.2, -0.15) is 4.73 Å². The van der Waals surface area contributed by atoms with Gasteiger partial charge >= 0.3 is 0 Å². The minimum atomic E-state index is -0.340. The van der Waals surface area contributed by atoms with Crippen LogP contribution in [-0.4, -0.2) is 21.4 Å². The van der Waals surface area contributed by atoms with Gasteiger partial charge in [0.25, 0.3) is 5.56 Å². The molecule has 0 atom stereocenters. The standard InChI is InChI=1S/C22H17ClFN3O2/c1-26-12-11-16(13-19(26)28)21-20(14-5-9-18(24)10-6-14)25-22(27(21)29-2)15-3-7-17(23)8-4-15/h3-13H,1-2H3. The molecule has 0 aliphatic heterocycles. The zero-order valence-electron chi connectivity index (χ0n) is 15.8. The Labute approximate surface area is 171 Å². The van der Waals surface area contributed by atoms with Gasteiger partial charge in [0.15, 0.2) is 5.82 Å². The summed E-state index contributed by atoms with van der Waals surface area (Å²) in [6, 6.07) is 16.6. The molecule has 0 radical (unpaired) electrons. The lowest BCUT2D eigenvalue weighted by Gasteiger charge is -2.11. The summed E-state index contributed by atoms with van der Waals surface area (Å²) < 4.78 is 16.5. The van der Waals surface area contributed by atoms with E-state index in [1.54, 1.807) is 42.2 Å². The van der Waals surface area contributed by atoms with Gasteiger partial charge in [-0.3, -0.25) is 4.79 Å². The summed E-state index contributed by atoms with van der Waals surface area (Å²) in [5, 5.41) is 0.606. The zero-order chi connectivity index (χ0) is 20.5. The maximum Gasteiger partial charge on any atom is 0.250 e. The van der Waals surface area contributed by atoms with Crippen molar-refractivity contribution in [1.82, 2.24) is 14.3 Å². The second-order valence-corrected chi connectivity index (χ2v) is 6.92. The van der Waals surface area contributed by atoms with Crippen LogP contribution in [0.2, 0.25) is 5.02 Å². The van der Waals surface area contributed by atoms with Crippen molar-refractivity contribution in [3.8, 4) is 33.9 Å². The summed E-state index contributed by atoms with van der Waals surface area (Å²) in [5.41, 5.74) is 3.14. The maximum absolute atomic E-state index is 13.5. The van der Waals surface area contributed by atoms with E-state index in [1.807, 2.05) is 18.2 Å². The van der Waals surface area contributed by atoms with E-state index in [9.17, 15) is 9.18 Å². The van der Waals surface area contributed by atoms with Gasteiger partial charge < -0.3 is 9.40 Å². The summed E-state index contributed by atoms with van der Waals surface area (Å²) in [5.74, 6) is 0.201. The summed E-state index contributed by atoms with van der Waals surface area (Å²) >= 11 is 6.02. The second-order valence-electron chi connectivity index (χ2n) is 6.49. The number of rotatable bonds is 4. The molecule has 4 aromatic rings. The lowest BCUT2D eigenvalue weighted by Crippen LogP contribution is -2.16. The van der Waals surface area contributed by atoms with Crippen molar-refractivity contribution >= 4 is 11.6 Å². The predicted molar refractivity (Wildman–Crippen MR) is 111 cm³/mol. The van der Waals surface area contributed by atoms with E-state index in [1.165, 1.54) is 29.9 Å². The molecule has 0 unspecified atom stereocenters. The van der Waals surface area contributed by atoms with Crippen LogP contribution in [-0.2, 0) is 7.05 Å². The molecule has 2 heterocycles. The summed E-state index contributed by atoms with van der Waals surface area (Å²) in [7, 11) is 3.21. The van der Waals surface area contributed by atoms with Crippen LogP contribution in [0.5, 0.6) is 0 Å². The summed E-state index contributed by atoms with van der Waals surface area (Å²) in [6.45, 7) is 0. The van der Waals surface area contributed by atoms with Crippen LogP contribution in [0.1, 0.15) is 0 Å². The molecule has 0 saturated carbocycles. The molecule has 0 saturated heterocycles. The van der Waals surface area contributed by atoms with E-state index in [0.29, 0.717) is 33.4 Å². The Morgan fingerprint density at radius 3 is 2.24 bits per heavy atom. The molecule has 146 valence electrons. The largest absolute Gasteiger partial charge is 0.415 e. The number of benzene rings is 2. The molecule has 2 aromatic heterocycles. The van der Waals surface area contributed by atoms with Crippen LogP contribution in [0.3, 0.4) is 0 Å². The number of pyridine rings is 1. The lowest BCUT2D eigenvalue weighted by molar-refractivity contribution is 0.175. The van der Waals surface area contributed by atoms with Gasteiger partial charge in [-0.05, 0) is 54.6 Å². The SMILES string of the molecule is COn1c(-c2ccc(Cl)cc2)nc(-c2ccc(F)cc2)c1-c1ccn(C)c(=O)c1. The van der Waals surface area contributed by atoms with Gasteiger partial charge in [0, 0.05) is 41.0 Å². The third-order valence-electron chi connectivity index (χ3n) is 4.62. The summed E-state index contributed by atoms with van der Waals surface area (Å²) in [6.07, 6.45) is 1.68. The number of hydrogen-bond donors (Lipinski definition) is 0. The highest BCUT2D eigenvalue weighted by Crippen LogP contribution is 2.35. The zero-order valence-corrected chi connectivity index (χ0v) is 16.5. The molecule has 0 bridgehead atoms. The molecule has 0 amide bonds. The monoisotopic (exact) mass is 409 g/mol. The van der Waals surface area contributed by atoms with Crippen LogP contribution in [0.15, 0.2) is 71.7 Å². The number of nitrogens with zero attached hydrogens (tertiary/aromatic N) is 3. The fraction of sp³-hybridized carbons (Fsp3) is 0.0909. The molecule has 4 rings (SSSR count). The smallest absolute Gasteiger partial charge is 0.250 e. The molecule has 0 N–H and O–H groups in total. The fourth-order valence-electron chi connectivity index (χ4n) is 3.12. The number of halogens is 2. The first-order valence-corrected chi connectivity index (χ1v) is 9.22. The molecule has 5 nitrogen and oxygen atoms in total. The molecule has 29 heavy (non-hydrogen) atoms. The number of aromatic nitrogens is 3. The third-order valence-corrected chi connectivity index (χ3v) is 4.87. The average molecular weight is 410 g/mol. The van der Waals surface area contributed by atoms with Crippen LogP contribution in [0.25, 0.3) is 33.9 Å². The first kappa shape index (κ1) is 19.0. The average Bonchev–Trinajstić information content (AvgIpc) is 3.10. The van der Waals surface area contributed by atoms with Crippen LogP contribution in [0.4, 0.5) is 4.39 Å².